The van der Waals surface area contributed by atoms with Gasteiger partial charge in [-0.2, -0.15) is 0 Å². The Morgan fingerprint density at radius 2 is 2.55 bits per heavy atom. The van der Waals surface area contributed by atoms with Gasteiger partial charge in [-0.15, -0.1) is 23.1 Å². The van der Waals surface area contributed by atoms with E-state index in [2.05, 4.69) is 0 Å². The van der Waals surface area contributed by atoms with Gasteiger partial charge in [-0.1, -0.05) is 0 Å². The predicted molar refractivity (Wildman–Crippen MR) is 47.1 cm³/mol. The van der Waals surface area contributed by atoms with E-state index in [0.717, 1.165) is 4.21 Å². The first-order valence-electron chi connectivity index (χ1n) is 2.87. The highest BCUT2D eigenvalue weighted by Crippen LogP contribution is 2.30. The van der Waals surface area contributed by atoms with Crippen molar-refractivity contribution in [2.45, 2.75) is 4.21 Å². The number of rotatable bonds is 3. The SMILES string of the molecule is Nc1ccsc1SCC(=O)O. The fourth-order valence-corrected chi connectivity index (χ4v) is 2.20. The molecule has 0 bridgehead atoms. The molecule has 0 spiro atoms. The van der Waals surface area contributed by atoms with Gasteiger partial charge in [0, 0.05) is 0 Å². The van der Waals surface area contributed by atoms with Crippen LogP contribution in [0.2, 0.25) is 0 Å². The number of carboxylic acids is 1. The van der Waals surface area contributed by atoms with Gasteiger partial charge in [-0.25, -0.2) is 0 Å². The molecule has 0 radical (unpaired) electrons. The second kappa shape index (κ2) is 3.64. The Kier molecular flexibility index (Phi) is 2.78. The van der Waals surface area contributed by atoms with Gasteiger partial charge >= 0.3 is 5.97 Å². The molecule has 3 N–H and O–H groups in total. The maximum atomic E-state index is 10.1. The van der Waals surface area contributed by atoms with Crippen LogP contribution in [0.25, 0.3) is 0 Å². The van der Waals surface area contributed by atoms with Crippen LogP contribution in [0.3, 0.4) is 0 Å². The van der Waals surface area contributed by atoms with Gasteiger partial charge < -0.3 is 10.8 Å². The standard InChI is InChI=1S/C6H7NO2S2/c7-4-1-2-10-6(4)11-3-5(8)9/h1-2H,3,7H2,(H,8,9). The predicted octanol–water partition coefficient (Wildman–Crippen LogP) is 1.51. The molecule has 0 aromatic carbocycles. The number of nitrogens with two attached hydrogens (primary N) is 1. The van der Waals surface area contributed by atoms with Gasteiger partial charge in [0.25, 0.3) is 0 Å². The minimum absolute atomic E-state index is 0.0741. The van der Waals surface area contributed by atoms with E-state index in [0.29, 0.717) is 5.69 Å². The average Bonchev–Trinajstić information content (AvgIpc) is 2.31. The van der Waals surface area contributed by atoms with Crippen molar-refractivity contribution in [2.24, 2.45) is 0 Å². The number of carbonyl (C=O) groups is 1. The van der Waals surface area contributed by atoms with Crippen LogP contribution < -0.4 is 5.73 Å². The summed E-state index contributed by atoms with van der Waals surface area (Å²) in [6, 6.07) is 1.77. The number of hydrogen-bond donors (Lipinski definition) is 2. The van der Waals surface area contributed by atoms with Crippen LogP contribution in [0, 0.1) is 0 Å². The van der Waals surface area contributed by atoms with E-state index in [9.17, 15) is 4.79 Å². The molecule has 1 aromatic rings. The molecular weight excluding hydrogens is 182 g/mol. The zero-order chi connectivity index (χ0) is 8.27. The molecule has 3 nitrogen and oxygen atoms in total. The lowest BCUT2D eigenvalue weighted by Gasteiger charge is -1.93. The highest BCUT2D eigenvalue weighted by molar-refractivity contribution is 8.01. The number of thioether (sulfide) groups is 1. The summed E-state index contributed by atoms with van der Waals surface area (Å²) in [4.78, 5) is 10.1. The van der Waals surface area contributed by atoms with Crippen LogP contribution in [0.4, 0.5) is 5.69 Å². The fraction of sp³-hybridized carbons (Fsp3) is 0.167. The zero-order valence-electron chi connectivity index (χ0n) is 5.61. The third-order valence-corrected chi connectivity index (χ3v) is 3.24. The van der Waals surface area contributed by atoms with Crippen LogP contribution in [0.1, 0.15) is 0 Å². The summed E-state index contributed by atoms with van der Waals surface area (Å²) in [6.07, 6.45) is 0. The average molecular weight is 189 g/mol. The van der Waals surface area contributed by atoms with Crippen LogP contribution >= 0.6 is 23.1 Å². The molecule has 0 aliphatic carbocycles. The van der Waals surface area contributed by atoms with Crippen molar-refractivity contribution in [1.29, 1.82) is 0 Å². The Hall–Kier alpha value is -0.680. The van der Waals surface area contributed by atoms with E-state index in [-0.39, 0.29) is 5.75 Å². The first-order valence-corrected chi connectivity index (χ1v) is 4.74. The van der Waals surface area contributed by atoms with Crippen molar-refractivity contribution in [1.82, 2.24) is 0 Å². The summed E-state index contributed by atoms with van der Waals surface area (Å²) in [5.74, 6) is -0.743. The molecular formula is C6H7NO2S2. The molecule has 0 fully saturated rings. The molecule has 0 amide bonds. The Balaban J connectivity index is 2.51. The first-order chi connectivity index (χ1) is 5.20. The number of hydrogen-bond acceptors (Lipinski definition) is 4. The smallest absolute Gasteiger partial charge is 0.313 e. The third-order valence-electron chi connectivity index (χ3n) is 0.985. The van der Waals surface area contributed by atoms with Crippen molar-refractivity contribution in [3.05, 3.63) is 11.4 Å². The summed E-state index contributed by atoms with van der Waals surface area (Å²) in [5, 5.41) is 10.2. The van der Waals surface area contributed by atoms with Crippen molar-refractivity contribution < 1.29 is 9.90 Å². The van der Waals surface area contributed by atoms with Gasteiger partial charge in [0.2, 0.25) is 0 Å². The second-order valence-corrected chi connectivity index (χ2v) is 4.01. The number of thiophene rings is 1. The van der Waals surface area contributed by atoms with Gasteiger partial charge in [-0.05, 0) is 11.4 Å². The van der Waals surface area contributed by atoms with Gasteiger partial charge in [0.1, 0.15) is 0 Å². The van der Waals surface area contributed by atoms with Crippen LogP contribution in [-0.4, -0.2) is 16.8 Å². The van der Waals surface area contributed by atoms with Crippen molar-refractivity contribution in [2.75, 3.05) is 11.5 Å². The van der Waals surface area contributed by atoms with Crippen LogP contribution in [0.5, 0.6) is 0 Å². The number of carboxylic acid groups (broad SMARTS) is 1. The van der Waals surface area contributed by atoms with Crippen molar-refractivity contribution in [3.63, 3.8) is 0 Å². The first kappa shape index (κ1) is 8.42. The lowest BCUT2D eigenvalue weighted by molar-refractivity contribution is -0.133. The highest BCUT2D eigenvalue weighted by atomic mass is 32.2. The maximum Gasteiger partial charge on any atom is 0.313 e. The molecule has 0 saturated heterocycles. The van der Waals surface area contributed by atoms with Crippen LogP contribution in [0.15, 0.2) is 15.7 Å². The zero-order valence-corrected chi connectivity index (χ0v) is 7.24. The van der Waals surface area contributed by atoms with Crippen molar-refractivity contribution in [3.8, 4) is 0 Å². The summed E-state index contributed by atoms with van der Waals surface area (Å²) >= 11 is 2.72. The van der Waals surface area contributed by atoms with E-state index in [1.165, 1.54) is 23.1 Å². The minimum atomic E-state index is -0.817. The fourth-order valence-electron chi connectivity index (χ4n) is 0.550. The molecule has 60 valence electrons. The molecule has 5 heteroatoms. The summed E-state index contributed by atoms with van der Waals surface area (Å²) in [6.45, 7) is 0. The normalized spacial score (nSPS) is 9.82. The van der Waals surface area contributed by atoms with Gasteiger partial charge in [0.05, 0.1) is 15.6 Å². The van der Waals surface area contributed by atoms with E-state index < -0.39 is 5.97 Å². The minimum Gasteiger partial charge on any atom is -0.481 e. The second-order valence-electron chi connectivity index (χ2n) is 1.85. The molecule has 0 atom stereocenters. The maximum absolute atomic E-state index is 10.1. The lowest BCUT2D eigenvalue weighted by atomic mass is 10.6. The van der Waals surface area contributed by atoms with Gasteiger partial charge in [0.15, 0.2) is 0 Å². The van der Waals surface area contributed by atoms with E-state index in [4.69, 9.17) is 10.8 Å². The topological polar surface area (TPSA) is 63.3 Å². The summed E-state index contributed by atoms with van der Waals surface area (Å²) in [5.41, 5.74) is 6.19. The van der Waals surface area contributed by atoms with Crippen molar-refractivity contribution >= 4 is 34.8 Å². The third kappa shape index (κ3) is 2.44. The Morgan fingerprint density at radius 3 is 3.00 bits per heavy atom. The number of aliphatic carboxylic acids is 1. The molecule has 1 heterocycles. The van der Waals surface area contributed by atoms with E-state index in [1.54, 1.807) is 6.07 Å². The monoisotopic (exact) mass is 189 g/mol. The van der Waals surface area contributed by atoms with Gasteiger partial charge in [-0.3, -0.25) is 4.79 Å². The Bertz CT molecular complexity index is 259. The summed E-state index contributed by atoms with van der Waals surface area (Å²) < 4.78 is 0.882. The largest absolute Gasteiger partial charge is 0.481 e. The molecule has 1 aromatic heterocycles. The molecule has 0 saturated carbocycles. The molecule has 11 heavy (non-hydrogen) atoms. The molecule has 0 aliphatic heterocycles. The quantitative estimate of drug-likeness (QED) is 0.707. The number of nitrogen functional groups attached to an aromatic ring is 1. The Labute approximate surface area is 72.2 Å². The number of anilines is 1. The molecule has 0 aliphatic rings. The Morgan fingerprint density at radius 1 is 1.82 bits per heavy atom. The molecule has 1 rings (SSSR count). The van der Waals surface area contributed by atoms with E-state index in [1.807, 2.05) is 5.38 Å². The molecule has 0 unspecified atom stereocenters. The van der Waals surface area contributed by atoms with Crippen LogP contribution in [-0.2, 0) is 4.79 Å². The van der Waals surface area contributed by atoms with E-state index >= 15 is 0 Å². The summed E-state index contributed by atoms with van der Waals surface area (Å²) in [7, 11) is 0. The lowest BCUT2D eigenvalue weighted by Crippen LogP contribution is -1.97. The highest BCUT2D eigenvalue weighted by Gasteiger charge is 2.03.